The fraction of sp³-hybridized carbons (Fsp3) is 0.357. The highest BCUT2D eigenvalue weighted by molar-refractivity contribution is 5.83. The molecule has 1 aromatic carbocycles. The summed E-state index contributed by atoms with van der Waals surface area (Å²) in [6.07, 6.45) is 0.211. The molecule has 0 spiro atoms. The first-order valence-electron chi connectivity index (χ1n) is 6.42. The minimum atomic E-state index is -1.21. The number of hydrogen-bond acceptors (Lipinski definition) is 6. The van der Waals surface area contributed by atoms with Crippen LogP contribution in [0.3, 0.4) is 0 Å². The Morgan fingerprint density at radius 2 is 1.68 bits per heavy atom. The van der Waals surface area contributed by atoms with Gasteiger partial charge in [-0.3, -0.25) is 14.4 Å². The Bertz CT molecular complexity index is 493. The molecule has 7 N–H and O–H groups in total. The summed E-state index contributed by atoms with van der Waals surface area (Å²) >= 11 is 0. The lowest BCUT2D eigenvalue weighted by Crippen LogP contribution is -2.34. The third-order valence-electron chi connectivity index (χ3n) is 2.54. The van der Waals surface area contributed by atoms with E-state index in [-0.39, 0.29) is 12.4 Å². The van der Waals surface area contributed by atoms with E-state index in [2.05, 4.69) is 10.5 Å². The Hall–Kier alpha value is -2.45. The van der Waals surface area contributed by atoms with Crippen LogP contribution in [0.2, 0.25) is 0 Å². The summed E-state index contributed by atoms with van der Waals surface area (Å²) in [6, 6.07) is 7.90. The fourth-order valence-electron chi connectivity index (χ4n) is 1.41. The van der Waals surface area contributed by atoms with Gasteiger partial charge in [0.2, 0.25) is 5.91 Å². The maximum Gasteiger partial charge on any atom is 0.322 e. The van der Waals surface area contributed by atoms with Crippen molar-refractivity contribution in [2.24, 2.45) is 17.2 Å². The van der Waals surface area contributed by atoms with Gasteiger partial charge in [0.05, 0.1) is 13.5 Å². The third-order valence-corrected chi connectivity index (χ3v) is 2.54. The van der Waals surface area contributed by atoms with Gasteiger partial charge in [-0.05, 0) is 12.0 Å². The number of benzene rings is 1. The Morgan fingerprint density at radius 1 is 1.14 bits per heavy atom. The molecule has 0 aliphatic rings. The van der Waals surface area contributed by atoms with E-state index in [1.54, 1.807) is 0 Å². The van der Waals surface area contributed by atoms with Crippen LogP contribution in [0.15, 0.2) is 30.3 Å². The second-order valence-corrected chi connectivity index (χ2v) is 4.43. The summed E-state index contributed by atoms with van der Waals surface area (Å²) in [5, 5.41) is 8.10. The van der Waals surface area contributed by atoms with Crippen molar-refractivity contribution < 1.29 is 24.2 Å². The summed E-state index contributed by atoms with van der Waals surface area (Å²) in [5.41, 5.74) is 16.2. The van der Waals surface area contributed by atoms with Crippen LogP contribution in [0.1, 0.15) is 12.0 Å². The zero-order valence-electron chi connectivity index (χ0n) is 12.3. The van der Waals surface area contributed by atoms with Crippen LogP contribution in [0, 0.1) is 0 Å². The van der Waals surface area contributed by atoms with Crippen molar-refractivity contribution in [2.75, 3.05) is 7.11 Å². The van der Waals surface area contributed by atoms with Crippen LogP contribution in [0.5, 0.6) is 0 Å². The summed E-state index contributed by atoms with van der Waals surface area (Å²) in [4.78, 5) is 30.9. The average molecular weight is 311 g/mol. The van der Waals surface area contributed by atoms with Crippen molar-refractivity contribution >= 4 is 17.8 Å². The predicted molar refractivity (Wildman–Crippen MR) is 79.6 cm³/mol. The van der Waals surface area contributed by atoms with Gasteiger partial charge in [0.1, 0.15) is 12.1 Å². The fourth-order valence-corrected chi connectivity index (χ4v) is 1.41. The van der Waals surface area contributed by atoms with Gasteiger partial charge in [0.25, 0.3) is 0 Å². The SMILES string of the molecule is COC(=O)C(N)Cc1ccccc1.NC(=O)CC(N)C(=O)O. The summed E-state index contributed by atoms with van der Waals surface area (Å²) in [6.45, 7) is 0. The number of carboxylic acids is 1. The molecule has 0 heterocycles. The highest BCUT2D eigenvalue weighted by Crippen LogP contribution is 2.02. The Balaban J connectivity index is 0.000000433. The number of hydrogen-bond donors (Lipinski definition) is 4. The van der Waals surface area contributed by atoms with E-state index in [0.29, 0.717) is 6.42 Å². The summed E-state index contributed by atoms with van der Waals surface area (Å²) < 4.78 is 4.52. The number of aliphatic carboxylic acids is 1. The quantitative estimate of drug-likeness (QED) is 0.490. The number of rotatable bonds is 6. The van der Waals surface area contributed by atoms with Crippen LogP contribution >= 0.6 is 0 Å². The Morgan fingerprint density at radius 3 is 2.05 bits per heavy atom. The molecule has 8 heteroatoms. The number of carboxylic acid groups (broad SMARTS) is 1. The minimum Gasteiger partial charge on any atom is -0.480 e. The maximum absolute atomic E-state index is 11.0. The minimum absolute atomic E-state index is 0.310. The van der Waals surface area contributed by atoms with Crippen LogP contribution < -0.4 is 17.2 Å². The molecule has 22 heavy (non-hydrogen) atoms. The summed E-state index contributed by atoms with van der Waals surface area (Å²) in [5.74, 6) is -2.29. The van der Waals surface area contributed by atoms with Crippen LogP contribution in [0.25, 0.3) is 0 Å². The van der Waals surface area contributed by atoms with Gasteiger partial charge >= 0.3 is 11.9 Å². The molecule has 0 saturated heterocycles. The second-order valence-electron chi connectivity index (χ2n) is 4.43. The van der Waals surface area contributed by atoms with Crippen molar-refractivity contribution in [1.29, 1.82) is 0 Å². The van der Waals surface area contributed by atoms with Gasteiger partial charge in [-0.15, -0.1) is 0 Å². The number of nitrogens with two attached hydrogens (primary N) is 3. The van der Waals surface area contributed by atoms with E-state index >= 15 is 0 Å². The first kappa shape index (κ1) is 19.6. The largest absolute Gasteiger partial charge is 0.480 e. The molecule has 0 saturated carbocycles. The molecule has 0 aliphatic carbocycles. The zero-order chi connectivity index (χ0) is 17.1. The normalized spacial score (nSPS) is 12.3. The van der Waals surface area contributed by atoms with Crippen LogP contribution in [-0.2, 0) is 25.5 Å². The van der Waals surface area contributed by atoms with E-state index in [9.17, 15) is 14.4 Å². The molecule has 122 valence electrons. The Labute approximate surface area is 128 Å². The van der Waals surface area contributed by atoms with Gasteiger partial charge in [0.15, 0.2) is 0 Å². The molecule has 0 radical (unpaired) electrons. The average Bonchev–Trinajstić information content (AvgIpc) is 2.47. The molecule has 0 aromatic heterocycles. The van der Waals surface area contributed by atoms with Gasteiger partial charge < -0.3 is 27.0 Å². The lowest BCUT2D eigenvalue weighted by atomic mass is 10.1. The van der Waals surface area contributed by atoms with E-state index in [0.717, 1.165) is 5.56 Å². The highest BCUT2D eigenvalue weighted by Gasteiger charge is 2.13. The van der Waals surface area contributed by atoms with Crippen molar-refractivity contribution in [1.82, 2.24) is 0 Å². The van der Waals surface area contributed by atoms with E-state index < -0.39 is 24.0 Å². The van der Waals surface area contributed by atoms with Gasteiger partial charge in [0, 0.05) is 0 Å². The number of carbonyl (C=O) groups excluding carboxylic acids is 2. The van der Waals surface area contributed by atoms with Crippen LogP contribution in [0.4, 0.5) is 0 Å². The van der Waals surface area contributed by atoms with Gasteiger partial charge in [-0.2, -0.15) is 0 Å². The molecule has 1 amide bonds. The zero-order valence-corrected chi connectivity index (χ0v) is 12.3. The molecule has 0 aliphatic heterocycles. The molecule has 0 fully saturated rings. The molecular weight excluding hydrogens is 290 g/mol. The predicted octanol–water partition coefficient (Wildman–Crippen LogP) is -0.997. The number of carbonyl (C=O) groups is 3. The number of ether oxygens (including phenoxy) is 1. The van der Waals surface area contributed by atoms with E-state index in [1.807, 2.05) is 30.3 Å². The van der Waals surface area contributed by atoms with Crippen molar-refractivity contribution in [3.8, 4) is 0 Å². The smallest absolute Gasteiger partial charge is 0.322 e. The maximum atomic E-state index is 11.0. The van der Waals surface area contributed by atoms with Crippen molar-refractivity contribution in [2.45, 2.75) is 24.9 Å². The molecule has 1 rings (SSSR count). The monoisotopic (exact) mass is 311 g/mol. The lowest BCUT2D eigenvalue weighted by molar-refractivity contribution is -0.142. The van der Waals surface area contributed by atoms with Crippen molar-refractivity contribution in [3.63, 3.8) is 0 Å². The Kier molecular flexibility index (Phi) is 9.15. The lowest BCUT2D eigenvalue weighted by Gasteiger charge is -2.08. The molecular formula is C14H21N3O5. The number of amides is 1. The highest BCUT2D eigenvalue weighted by atomic mass is 16.5. The van der Waals surface area contributed by atoms with Crippen molar-refractivity contribution in [3.05, 3.63) is 35.9 Å². The van der Waals surface area contributed by atoms with Gasteiger partial charge in [-0.1, -0.05) is 30.3 Å². The number of esters is 1. The van der Waals surface area contributed by atoms with Gasteiger partial charge in [-0.25, -0.2) is 0 Å². The third kappa shape index (κ3) is 8.67. The van der Waals surface area contributed by atoms with E-state index in [4.69, 9.17) is 16.6 Å². The summed E-state index contributed by atoms with van der Waals surface area (Å²) in [7, 11) is 1.34. The molecule has 2 atom stereocenters. The number of primary amides is 1. The number of methoxy groups -OCH3 is 1. The van der Waals surface area contributed by atoms with E-state index in [1.165, 1.54) is 7.11 Å². The molecule has 2 unspecified atom stereocenters. The molecule has 8 nitrogen and oxygen atoms in total. The topological polar surface area (TPSA) is 159 Å². The first-order valence-corrected chi connectivity index (χ1v) is 6.42. The first-order chi connectivity index (χ1) is 10.3. The molecule has 1 aromatic rings. The van der Waals surface area contributed by atoms with Crippen LogP contribution in [-0.4, -0.2) is 42.1 Å². The molecule has 0 bridgehead atoms. The standard InChI is InChI=1S/C10H13NO2.C4H8N2O3/c1-13-10(12)9(11)7-8-5-3-2-4-6-8;5-2(4(8)9)1-3(6)7/h2-6,9H,7,11H2,1H3;2H,1,5H2,(H2,6,7)(H,8,9). The second kappa shape index (κ2) is 10.3.